The van der Waals surface area contributed by atoms with E-state index in [2.05, 4.69) is 117 Å². The molecule has 0 fully saturated rings. The topological polar surface area (TPSA) is 167 Å². The number of aromatic nitrogens is 5. The fourth-order valence-electron chi connectivity index (χ4n) is 10.2. The first-order chi connectivity index (χ1) is 36.2. The van der Waals surface area contributed by atoms with Crippen LogP contribution in [-0.4, -0.2) is 24.1 Å². The van der Waals surface area contributed by atoms with Gasteiger partial charge < -0.3 is 9.13 Å². The lowest BCUT2D eigenvalue weighted by Crippen LogP contribution is -2.07. The van der Waals surface area contributed by atoms with Crippen LogP contribution in [-0.2, 0) is 0 Å². The van der Waals surface area contributed by atoms with Gasteiger partial charge in [-0.25, -0.2) is 15.0 Å². The molecule has 9 aromatic carbocycles. The van der Waals surface area contributed by atoms with Crippen molar-refractivity contribution >= 4 is 43.6 Å². The Balaban J connectivity index is 1.19. The van der Waals surface area contributed by atoms with E-state index in [-0.39, 0.29) is 0 Å². The van der Waals surface area contributed by atoms with Crippen molar-refractivity contribution in [1.29, 1.82) is 26.3 Å². The molecule has 0 amide bonds. The zero-order valence-corrected chi connectivity index (χ0v) is 39.8. The lowest BCUT2D eigenvalue weighted by molar-refractivity contribution is 0.926. The molecule has 3 aromatic heterocycles. The van der Waals surface area contributed by atoms with Crippen molar-refractivity contribution in [1.82, 2.24) is 24.1 Å². The molecule has 0 aliphatic carbocycles. The Hall–Kier alpha value is -11.0. The number of nitriles is 5. The fraction of sp³-hybridized carbons (Fsp3) is 0.0312. The summed E-state index contributed by atoms with van der Waals surface area (Å²) in [4.78, 5) is 14.6. The molecule has 0 unspecified atom stereocenters. The summed E-state index contributed by atoms with van der Waals surface area (Å²) in [7, 11) is 0. The highest BCUT2D eigenvalue weighted by atomic mass is 15.1. The summed E-state index contributed by atoms with van der Waals surface area (Å²) in [6.07, 6.45) is 0. The normalized spacial score (nSPS) is 11.0. The fourth-order valence-corrected chi connectivity index (χ4v) is 10.2. The minimum Gasteiger partial charge on any atom is -0.308 e. The van der Waals surface area contributed by atoms with Gasteiger partial charge in [0.25, 0.3) is 0 Å². The van der Waals surface area contributed by atoms with E-state index in [0.717, 1.165) is 88.1 Å². The molecule has 0 N–H and O–H groups in total. The van der Waals surface area contributed by atoms with Crippen molar-refractivity contribution in [3.63, 3.8) is 0 Å². The highest BCUT2D eigenvalue weighted by molar-refractivity contribution is 6.13. The molecule has 12 rings (SSSR count). The standard InChI is InChI=1S/C64H36N10/c1-38-70-39(2)72-64(71-38)57-32-58(73-59-27-48(44-11-3-40(33-65)4-12-44)19-23-53(59)54-24-20-49(28-60(54)73)45-13-5-41(34-66)6-14-45)52(37-69)31-63(57)74-61-29-50(46-15-7-42(35-67)8-16-46)21-25-55(61)56-26-22-51(30-62(56)74)47-17-9-43(36-68)10-18-47/h3-32H,1-2H3. The number of nitrogens with zero attached hydrogens (tertiary/aromatic N) is 10. The van der Waals surface area contributed by atoms with E-state index in [4.69, 9.17) is 9.97 Å². The lowest BCUT2D eigenvalue weighted by atomic mass is 10.0. The average molecular weight is 945 g/mol. The average Bonchev–Trinajstić information content (AvgIpc) is 3.95. The van der Waals surface area contributed by atoms with E-state index < -0.39 is 0 Å². The third-order valence-electron chi connectivity index (χ3n) is 13.7. The minimum atomic E-state index is 0.388. The molecule has 342 valence electrons. The second kappa shape index (κ2) is 17.8. The van der Waals surface area contributed by atoms with Gasteiger partial charge in [0, 0.05) is 27.1 Å². The van der Waals surface area contributed by atoms with Crippen molar-refractivity contribution in [2.45, 2.75) is 13.8 Å². The Kier molecular flexibility index (Phi) is 10.6. The van der Waals surface area contributed by atoms with Crippen LogP contribution in [0.4, 0.5) is 0 Å². The third kappa shape index (κ3) is 7.52. The summed E-state index contributed by atoms with van der Waals surface area (Å²) in [5, 5.41) is 53.9. The molecule has 0 atom stereocenters. The van der Waals surface area contributed by atoms with Gasteiger partial charge in [-0.05, 0) is 143 Å². The summed E-state index contributed by atoms with van der Waals surface area (Å²) < 4.78 is 4.34. The second-order valence-electron chi connectivity index (χ2n) is 18.1. The largest absolute Gasteiger partial charge is 0.308 e. The molecule has 3 heterocycles. The molecule has 0 bridgehead atoms. The van der Waals surface area contributed by atoms with Crippen molar-refractivity contribution in [3.05, 3.63) is 221 Å². The van der Waals surface area contributed by atoms with Crippen LogP contribution < -0.4 is 0 Å². The zero-order chi connectivity index (χ0) is 50.6. The maximum atomic E-state index is 11.6. The van der Waals surface area contributed by atoms with Crippen LogP contribution in [0.3, 0.4) is 0 Å². The van der Waals surface area contributed by atoms with E-state index >= 15 is 0 Å². The molecule has 0 radical (unpaired) electrons. The van der Waals surface area contributed by atoms with Crippen molar-refractivity contribution < 1.29 is 0 Å². The van der Waals surface area contributed by atoms with Crippen molar-refractivity contribution in [2.24, 2.45) is 0 Å². The van der Waals surface area contributed by atoms with Crippen LogP contribution in [0, 0.1) is 70.5 Å². The van der Waals surface area contributed by atoms with E-state index in [1.807, 2.05) is 123 Å². The number of fused-ring (bicyclic) bond motifs is 6. The van der Waals surface area contributed by atoms with Gasteiger partial charge in [-0.15, -0.1) is 0 Å². The Morgan fingerprint density at radius 2 is 0.608 bits per heavy atom. The molecular formula is C64H36N10. The summed E-state index contributed by atoms with van der Waals surface area (Å²) in [5.41, 5.74) is 15.5. The first kappa shape index (κ1) is 44.3. The van der Waals surface area contributed by atoms with Gasteiger partial charge in [0.15, 0.2) is 5.82 Å². The van der Waals surface area contributed by atoms with Crippen LogP contribution in [0.5, 0.6) is 0 Å². The van der Waals surface area contributed by atoms with Crippen LogP contribution in [0.2, 0.25) is 0 Å². The second-order valence-corrected chi connectivity index (χ2v) is 18.1. The molecule has 0 aliphatic rings. The quantitative estimate of drug-likeness (QED) is 0.152. The minimum absolute atomic E-state index is 0.388. The predicted molar refractivity (Wildman–Crippen MR) is 289 cm³/mol. The number of hydrogen-bond donors (Lipinski definition) is 0. The highest BCUT2D eigenvalue weighted by Crippen LogP contribution is 2.43. The number of benzene rings is 9. The summed E-state index contributed by atoms with van der Waals surface area (Å²) in [5.74, 6) is 1.50. The molecule has 0 spiro atoms. The van der Waals surface area contributed by atoms with Crippen LogP contribution in [0.1, 0.15) is 39.5 Å². The molecule has 0 aliphatic heterocycles. The van der Waals surface area contributed by atoms with E-state index in [1.165, 1.54) is 0 Å². The number of rotatable bonds is 7. The molecular weight excluding hydrogens is 909 g/mol. The summed E-state index contributed by atoms with van der Waals surface area (Å²) >= 11 is 0. The first-order valence-electron chi connectivity index (χ1n) is 23.7. The molecule has 0 saturated heterocycles. The number of hydrogen-bond acceptors (Lipinski definition) is 8. The Bertz CT molecular complexity index is 4280. The zero-order valence-electron chi connectivity index (χ0n) is 39.8. The van der Waals surface area contributed by atoms with E-state index in [0.29, 0.717) is 62.2 Å². The SMILES string of the molecule is Cc1nc(C)nc(-c2cc(-n3c4cc(-c5ccc(C#N)cc5)ccc4c4ccc(-c5ccc(C#N)cc5)cc43)c(C#N)cc2-n2c3cc(-c4ccc(C#N)cc4)ccc3c3ccc(-c4ccc(C#N)cc4)cc32)n1. The molecule has 12 aromatic rings. The molecule has 0 saturated carbocycles. The maximum absolute atomic E-state index is 11.6. The smallest absolute Gasteiger partial charge is 0.165 e. The monoisotopic (exact) mass is 944 g/mol. The first-order valence-corrected chi connectivity index (χ1v) is 23.7. The van der Waals surface area contributed by atoms with Gasteiger partial charge in [-0.2, -0.15) is 26.3 Å². The van der Waals surface area contributed by atoms with Crippen LogP contribution in [0.25, 0.3) is 111 Å². The molecule has 10 nitrogen and oxygen atoms in total. The maximum Gasteiger partial charge on any atom is 0.165 e. The Morgan fingerprint density at radius 1 is 0.311 bits per heavy atom. The summed E-state index contributed by atoms with van der Waals surface area (Å²) in [6, 6.07) is 70.9. The Labute approximate surface area is 425 Å². The highest BCUT2D eigenvalue weighted by Gasteiger charge is 2.25. The third-order valence-corrected chi connectivity index (χ3v) is 13.7. The van der Waals surface area contributed by atoms with E-state index in [1.54, 1.807) is 0 Å². The number of aryl methyl sites for hydroxylation is 2. The molecule has 10 heteroatoms. The van der Waals surface area contributed by atoms with Gasteiger partial charge in [0.1, 0.15) is 17.7 Å². The summed E-state index contributed by atoms with van der Waals surface area (Å²) in [6.45, 7) is 3.69. The van der Waals surface area contributed by atoms with Crippen LogP contribution in [0.15, 0.2) is 182 Å². The molecule has 74 heavy (non-hydrogen) atoms. The van der Waals surface area contributed by atoms with Gasteiger partial charge in [0.05, 0.1) is 85.5 Å². The van der Waals surface area contributed by atoms with Gasteiger partial charge in [-0.3, -0.25) is 0 Å². The van der Waals surface area contributed by atoms with Gasteiger partial charge in [0.2, 0.25) is 0 Å². The van der Waals surface area contributed by atoms with Crippen LogP contribution >= 0.6 is 0 Å². The van der Waals surface area contributed by atoms with E-state index in [9.17, 15) is 26.3 Å². The predicted octanol–water partition coefficient (Wildman–Crippen LogP) is 14.4. The van der Waals surface area contributed by atoms with Gasteiger partial charge in [-0.1, -0.05) is 97.1 Å². The van der Waals surface area contributed by atoms with Crippen molar-refractivity contribution in [3.8, 4) is 97.6 Å². The van der Waals surface area contributed by atoms with Gasteiger partial charge >= 0.3 is 0 Å². The Morgan fingerprint density at radius 3 is 0.905 bits per heavy atom. The lowest BCUT2D eigenvalue weighted by Gasteiger charge is -2.19. The van der Waals surface area contributed by atoms with Crippen molar-refractivity contribution in [2.75, 3.05) is 0 Å².